The molecule has 0 N–H and O–H groups in total. The highest BCUT2D eigenvalue weighted by Crippen LogP contribution is 2.27. The number of nitriles is 1. The van der Waals surface area contributed by atoms with E-state index in [1.54, 1.807) is 6.92 Å². The van der Waals surface area contributed by atoms with Crippen LogP contribution in [0.25, 0.3) is 0 Å². The molecular formula is C13H17N3O3. The number of esters is 1. The average Bonchev–Trinajstić information content (AvgIpc) is 2.80. The van der Waals surface area contributed by atoms with Crippen LogP contribution in [0.3, 0.4) is 0 Å². The molecule has 0 unspecified atom stereocenters. The largest absolute Gasteiger partial charge is 0.466 e. The molecule has 19 heavy (non-hydrogen) atoms. The Morgan fingerprint density at radius 1 is 1.58 bits per heavy atom. The van der Waals surface area contributed by atoms with E-state index < -0.39 is 0 Å². The summed E-state index contributed by atoms with van der Waals surface area (Å²) in [5.41, 5.74) is 0.312. The highest BCUT2D eigenvalue weighted by atomic mass is 16.5. The molecule has 2 heterocycles. The van der Waals surface area contributed by atoms with Gasteiger partial charge >= 0.3 is 5.97 Å². The fourth-order valence-electron chi connectivity index (χ4n) is 2.28. The smallest absolute Gasteiger partial charge is 0.309 e. The Hall–Kier alpha value is -2.03. The molecule has 0 amide bonds. The average molecular weight is 263 g/mol. The lowest BCUT2D eigenvalue weighted by Crippen LogP contribution is -2.37. The Morgan fingerprint density at radius 3 is 2.84 bits per heavy atom. The van der Waals surface area contributed by atoms with Crippen LogP contribution in [-0.4, -0.2) is 30.6 Å². The van der Waals surface area contributed by atoms with E-state index in [1.165, 1.54) is 0 Å². The zero-order valence-electron chi connectivity index (χ0n) is 11.2. The zero-order chi connectivity index (χ0) is 13.8. The van der Waals surface area contributed by atoms with Crippen LogP contribution in [0.15, 0.2) is 4.42 Å². The molecule has 0 aromatic carbocycles. The molecule has 0 atom stereocenters. The van der Waals surface area contributed by atoms with Crippen molar-refractivity contribution in [3.05, 3.63) is 11.6 Å². The summed E-state index contributed by atoms with van der Waals surface area (Å²) < 4.78 is 10.5. The van der Waals surface area contributed by atoms with Crippen LogP contribution in [0.4, 0.5) is 5.88 Å². The minimum atomic E-state index is -0.128. The molecule has 0 bridgehead atoms. The van der Waals surface area contributed by atoms with Gasteiger partial charge in [-0.2, -0.15) is 5.26 Å². The molecule has 0 saturated carbocycles. The van der Waals surface area contributed by atoms with Crippen LogP contribution in [-0.2, 0) is 9.53 Å². The number of hydrogen-bond donors (Lipinski definition) is 0. The van der Waals surface area contributed by atoms with Gasteiger partial charge in [-0.05, 0) is 19.8 Å². The van der Waals surface area contributed by atoms with Crippen LogP contribution >= 0.6 is 0 Å². The summed E-state index contributed by atoms with van der Waals surface area (Å²) in [6.07, 6.45) is 1.42. The second-order valence-electron chi connectivity index (χ2n) is 4.51. The number of piperidine rings is 1. The van der Waals surface area contributed by atoms with Crippen LogP contribution < -0.4 is 4.90 Å². The summed E-state index contributed by atoms with van der Waals surface area (Å²) in [5.74, 6) is 0.823. The van der Waals surface area contributed by atoms with Gasteiger partial charge in [0.15, 0.2) is 5.89 Å². The van der Waals surface area contributed by atoms with Gasteiger partial charge in [0.05, 0.1) is 12.5 Å². The van der Waals surface area contributed by atoms with E-state index in [2.05, 4.69) is 4.98 Å². The number of hydrogen-bond acceptors (Lipinski definition) is 6. The number of carbonyl (C=O) groups excluding carboxylic acids is 1. The van der Waals surface area contributed by atoms with Crippen molar-refractivity contribution in [2.75, 3.05) is 24.6 Å². The van der Waals surface area contributed by atoms with Gasteiger partial charge < -0.3 is 14.1 Å². The lowest BCUT2D eigenvalue weighted by atomic mass is 9.97. The summed E-state index contributed by atoms with van der Waals surface area (Å²) in [6.45, 7) is 5.29. The topological polar surface area (TPSA) is 79.4 Å². The Bertz CT molecular complexity index is 496. The lowest BCUT2D eigenvalue weighted by molar-refractivity contribution is -0.148. The van der Waals surface area contributed by atoms with E-state index in [1.807, 2.05) is 17.9 Å². The summed E-state index contributed by atoms with van der Waals surface area (Å²) >= 11 is 0. The minimum absolute atomic E-state index is 0.0502. The van der Waals surface area contributed by atoms with Gasteiger partial charge in [-0.25, -0.2) is 4.98 Å². The van der Waals surface area contributed by atoms with Crippen molar-refractivity contribution < 1.29 is 13.9 Å². The van der Waals surface area contributed by atoms with Crippen molar-refractivity contribution in [3.8, 4) is 6.07 Å². The van der Waals surface area contributed by atoms with Crippen LogP contribution in [0, 0.1) is 24.2 Å². The number of aryl methyl sites for hydroxylation is 1. The zero-order valence-corrected chi connectivity index (χ0v) is 11.2. The number of rotatable bonds is 3. The maximum Gasteiger partial charge on any atom is 0.309 e. The van der Waals surface area contributed by atoms with Gasteiger partial charge in [-0.3, -0.25) is 4.79 Å². The number of oxazole rings is 1. The van der Waals surface area contributed by atoms with Gasteiger partial charge in [0.2, 0.25) is 11.6 Å². The van der Waals surface area contributed by atoms with Crippen molar-refractivity contribution >= 4 is 11.9 Å². The van der Waals surface area contributed by atoms with Crippen molar-refractivity contribution in [3.63, 3.8) is 0 Å². The summed E-state index contributed by atoms with van der Waals surface area (Å²) in [5, 5.41) is 9.00. The summed E-state index contributed by atoms with van der Waals surface area (Å²) in [7, 11) is 0. The van der Waals surface area contributed by atoms with E-state index in [9.17, 15) is 4.79 Å². The SMILES string of the molecule is CCOC(=O)C1CCN(c2oc(C)nc2C#N)CC1. The molecule has 0 spiro atoms. The van der Waals surface area contributed by atoms with Crippen molar-refractivity contribution in [1.29, 1.82) is 5.26 Å². The lowest BCUT2D eigenvalue weighted by Gasteiger charge is -2.30. The Kier molecular flexibility index (Phi) is 4.05. The monoisotopic (exact) mass is 263 g/mol. The predicted molar refractivity (Wildman–Crippen MR) is 67.5 cm³/mol. The van der Waals surface area contributed by atoms with Gasteiger partial charge in [0.1, 0.15) is 6.07 Å². The fourth-order valence-corrected chi connectivity index (χ4v) is 2.28. The molecule has 1 fully saturated rings. The van der Waals surface area contributed by atoms with Crippen molar-refractivity contribution in [2.24, 2.45) is 5.92 Å². The molecule has 1 aromatic rings. The maximum atomic E-state index is 11.6. The first-order valence-electron chi connectivity index (χ1n) is 6.44. The van der Waals surface area contributed by atoms with Crippen molar-refractivity contribution in [2.45, 2.75) is 26.7 Å². The van der Waals surface area contributed by atoms with Gasteiger partial charge in [-0.1, -0.05) is 0 Å². The molecular weight excluding hydrogens is 246 g/mol. The molecule has 102 valence electrons. The Labute approximate surface area is 112 Å². The molecule has 0 aliphatic carbocycles. The standard InChI is InChI=1S/C13H17N3O3/c1-3-18-13(17)10-4-6-16(7-5-10)12-11(8-14)15-9(2)19-12/h10H,3-7H2,1-2H3. The fraction of sp³-hybridized carbons (Fsp3) is 0.615. The number of carbonyl (C=O) groups is 1. The maximum absolute atomic E-state index is 11.6. The van der Waals surface area contributed by atoms with Gasteiger partial charge in [-0.15, -0.1) is 0 Å². The van der Waals surface area contributed by atoms with Crippen LogP contribution in [0.5, 0.6) is 0 Å². The summed E-state index contributed by atoms with van der Waals surface area (Å²) in [6, 6.07) is 2.03. The minimum Gasteiger partial charge on any atom is -0.466 e. The molecule has 1 saturated heterocycles. The summed E-state index contributed by atoms with van der Waals surface area (Å²) in [4.78, 5) is 17.6. The highest BCUT2D eigenvalue weighted by molar-refractivity contribution is 5.72. The van der Waals surface area contributed by atoms with Crippen LogP contribution in [0.2, 0.25) is 0 Å². The molecule has 1 aromatic heterocycles. The first-order valence-corrected chi connectivity index (χ1v) is 6.44. The quantitative estimate of drug-likeness (QED) is 0.771. The third kappa shape index (κ3) is 2.87. The number of aromatic nitrogens is 1. The number of ether oxygens (including phenoxy) is 1. The third-order valence-corrected chi connectivity index (χ3v) is 3.22. The molecule has 2 rings (SSSR count). The Balaban J connectivity index is 2.00. The first-order chi connectivity index (χ1) is 9.15. The normalized spacial score (nSPS) is 16.2. The predicted octanol–water partition coefficient (Wildman–Crippen LogP) is 1.63. The molecule has 1 aliphatic rings. The highest BCUT2D eigenvalue weighted by Gasteiger charge is 2.28. The van der Waals surface area contributed by atoms with E-state index in [0.29, 0.717) is 50.0 Å². The van der Waals surface area contributed by atoms with E-state index in [0.717, 1.165) is 0 Å². The van der Waals surface area contributed by atoms with Crippen LogP contribution in [0.1, 0.15) is 31.4 Å². The van der Waals surface area contributed by atoms with Gasteiger partial charge in [0, 0.05) is 20.0 Å². The third-order valence-electron chi connectivity index (χ3n) is 3.22. The second-order valence-corrected chi connectivity index (χ2v) is 4.51. The van der Waals surface area contributed by atoms with Crippen molar-refractivity contribution in [1.82, 2.24) is 4.98 Å². The molecule has 1 aliphatic heterocycles. The first kappa shape index (κ1) is 13.4. The van der Waals surface area contributed by atoms with E-state index in [4.69, 9.17) is 14.4 Å². The molecule has 0 radical (unpaired) electrons. The number of nitrogens with zero attached hydrogens (tertiary/aromatic N) is 3. The molecule has 6 heteroatoms. The van der Waals surface area contributed by atoms with Gasteiger partial charge in [0.25, 0.3) is 0 Å². The molecule has 6 nitrogen and oxygen atoms in total. The van der Waals surface area contributed by atoms with E-state index in [-0.39, 0.29) is 11.9 Å². The second kappa shape index (κ2) is 5.74. The number of anilines is 1. The van der Waals surface area contributed by atoms with E-state index >= 15 is 0 Å². The Morgan fingerprint density at radius 2 is 2.26 bits per heavy atom.